The maximum absolute atomic E-state index is 13.3. The molecule has 2 fully saturated rings. The highest BCUT2D eigenvalue weighted by molar-refractivity contribution is 6.10. The Morgan fingerprint density at radius 3 is 1.97 bits per heavy atom. The molecule has 0 unspecified atom stereocenters. The van der Waals surface area contributed by atoms with Crippen molar-refractivity contribution < 1.29 is 23.6 Å². The van der Waals surface area contributed by atoms with Crippen LogP contribution in [0.4, 0.5) is 9.18 Å². The average molecular weight is 523 g/mol. The molecule has 8 nitrogen and oxygen atoms in total. The fourth-order valence-corrected chi connectivity index (χ4v) is 5.62. The molecule has 202 valence electrons. The van der Waals surface area contributed by atoms with Gasteiger partial charge >= 0.3 is 6.03 Å². The summed E-state index contributed by atoms with van der Waals surface area (Å²) < 4.78 is 13.2. The monoisotopic (exact) mass is 522 g/mol. The lowest BCUT2D eigenvalue weighted by atomic mass is 9.69. The van der Waals surface area contributed by atoms with Gasteiger partial charge in [-0.1, -0.05) is 20.8 Å². The van der Waals surface area contributed by atoms with Crippen molar-refractivity contribution in [2.75, 3.05) is 13.1 Å². The first-order chi connectivity index (χ1) is 17.8. The molecule has 1 saturated carbocycles. The van der Waals surface area contributed by atoms with Crippen molar-refractivity contribution in [1.82, 2.24) is 20.2 Å². The Labute approximate surface area is 222 Å². The zero-order chi connectivity index (χ0) is 27.8. The van der Waals surface area contributed by atoms with Crippen LogP contribution in [0.1, 0.15) is 69.1 Å². The van der Waals surface area contributed by atoms with Crippen molar-refractivity contribution in [3.8, 4) is 11.4 Å². The van der Waals surface area contributed by atoms with Crippen LogP contribution in [0, 0.1) is 36.9 Å². The molecule has 4 rings (SSSR count). The van der Waals surface area contributed by atoms with Gasteiger partial charge in [0.05, 0.1) is 12.4 Å². The molecule has 1 aromatic heterocycles. The number of hydrogen-bond acceptors (Lipinski definition) is 6. The molecule has 9 heteroatoms. The van der Waals surface area contributed by atoms with Crippen LogP contribution in [0.25, 0.3) is 11.4 Å². The number of hydrogen-bond donors (Lipinski definition) is 1. The van der Waals surface area contributed by atoms with E-state index in [1.807, 2.05) is 26.0 Å². The molecule has 2 heterocycles. The number of halogens is 1. The van der Waals surface area contributed by atoms with Gasteiger partial charge in [0.25, 0.3) is 0 Å². The summed E-state index contributed by atoms with van der Waals surface area (Å²) in [4.78, 5) is 61.0. The molecule has 0 radical (unpaired) electrons. The molecule has 1 aliphatic heterocycles. The van der Waals surface area contributed by atoms with Crippen molar-refractivity contribution in [3.05, 3.63) is 47.0 Å². The van der Waals surface area contributed by atoms with Crippen LogP contribution in [-0.4, -0.2) is 51.5 Å². The van der Waals surface area contributed by atoms with Crippen molar-refractivity contribution >= 4 is 23.5 Å². The van der Waals surface area contributed by atoms with Gasteiger partial charge < -0.3 is 4.90 Å². The number of nitrogens with one attached hydrogen (secondary N) is 1. The fraction of sp³-hybridized carbons (Fsp3) is 0.517. The molecule has 1 aromatic carbocycles. The fourth-order valence-electron chi connectivity index (χ4n) is 5.62. The Balaban J connectivity index is 1.41. The van der Waals surface area contributed by atoms with Crippen molar-refractivity contribution in [1.29, 1.82) is 0 Å². The van der Waals surface area contributed by atoms with E-state index in [4.69, 9.17) is 0 Å². The number of piperidine rings is 1. The standard InChI is InChI=1S/C29H35FN4O4/c1-16-10-20(26-31-14-21(30)15-32-26)11-17(2)24(16)25-22(35)12-19(13-23(25)36)18-6-8-34(9-7-18)28(38)33-27(37)29(3,4)5/h10-11,14-15,18-19,25H,6-9,12-13H2,1-5H3,(H,33,37,38). The number of ketones is 2. The third-order valence-corrected chi connectivity index (χ3v) is 7.73. The number of urea groups is 1. The second kappa shape index (κ2) is 10.7. The molecule has 1 aliphatic carbocycles. The summed E-state index contributed by atoms with van der Waals surface area (Å²) in [6, 6.07) is 3.29. The van der Waals surface area contributed by atoms with Crippen LogP contribution in [0.15, 0.2) is 24.5 Å². The number of benzene rings is 1. The van der Waals surface area contributed by atoms with Gasteiger partial charge in [0.1, 0.15) is 17.5 Å². The molecular formula is C29H35FN4O4. The van der Waals surface area contributed by atoms with Gasteiger partial charge in [0.2, 0.25) is 5.91 Å². The Hall–Kier alpha value is -3.49. The molecule has 0 atom stereocenters. The zero-order valence-corrected chi connectivity index (χ0v) is 22.6. The molecule has 3 amide bonds. The van der Waals surface area contributed by atoms with E-state index < -0.39 is 17.2 Å². The Bertz CT molecular complexity index is 1220. The van der Waals surface area contributed by atoms with Gasteiger partial charge in [-0.3, -0.25) is 19.7 Å². The second-order valence-electron chi connectivity index (χ2n) is 11.6. The van der Waals surface area contributed by atoms with Crippen LogP contribution >= 0.6 is 0 Å². The lowest BCUT2D eigenvalue weighted by Gasteiger charge is -2.38. The third kappa shape index (κ3) is 5.81. The van der Waals surface area contributed by atoms with Gasteiger partial charge in [-0.2, -0.15) is 0 Å². The van der Waals surface area contributed by atoms with E-state index in [1.165, 1.54) is 0 Å². The van der Waals surface area contributed by atoms with E-state index in [0.717, 1.165) is 29.1 Å². The van der Waals surface area contributed by atoms with Crippen LogP contribution in [0.2, 0.25) is 0 Å². The summed E-state index contributed by atoms with van der Waals surface area (Å²) in [5, 5.41) is 2.46. The van der Waals surface area contributed by atoms with E-state index in [-0.39, 0.29) is 35.3 Å². The number of imide groups is 1. The number of likely N-dealkylation sites (tertiary alicyclic amines) is 1. The number of rotatable bonds is 3. The quantitative estimate of drug-likeness (QED) is 0.594. The lowest BCUT2D eigenvalue weighted by Crippen LogP contribution is -2.50. The van der Waals surface area contributed by atoms with Crippen molar-refractivity contribution in [2.24, 2.45) is 17.3 Å². The van der Waals surface area contributed by atoms with Gasteiger partial charge in [-0.15, -0.1) is 0 Å². The number of aryl methyl sites for hydroxylation is 2. The number of aromatic nitrogens is 2. The van der Waals surface area contributed by atoms with E-state index in [0.29, 0.717) is 50.2 Å². The molecule has 0 bridgehead atoms. The van der Waals surface area contributed by atoms with E-state index >= 15 is 0 Å². The summed E-state index contributed by atoms with van der Waals surface area (Å²) in [6.07, 6.45) is 4.26. The maximum Gasteiger partial charge on any atom is 0.324 e. The summed E-state index contributed by atoms with van der Waals surface area (Å²) in [5.41, 5.74) is 2.40. The van der Waals surface area contributed by atoms with Gasteiger partial charge in [0.15, 0.2) is 11.6 Å². The maximum atomic E-state index is 13.3. The molecule has 2 aliphatic rings. The van der Waals surface area contributed by atoms with Crippen LogP contribution in [-0.2, 0) is 14.4 Å². The smallest absolute Gasteiger partial charge is 0.324 e. The highest BCUT2D eigenvalue weighted by Gasteiger charge is 2.41. The Kier molecular flexibility index (Phi) is 7.76. The normalized spacial score (nSPS) is 20.9. The Morgan fingerprint density at radius 1 is 0.947 bits per heavy atom. The lowest BCUT2D eigenvalue weighted by molar-refractivity contribution is -0.135. The first-order valence-corrected chi connectivity index (χ1v) is 13.1. The van der Waals surface area contributed by atoms with Gasteiger partial charge in [0, 0.05) is 36.9 Å². The largest absolute Gasteiger partial charge is 0.324 e. The number of Topliss-reactive ketones (excluding diaryl/α,β-unsaturated/α-hetero) is 2. The molecule has 0 spiro atoms. The SMILES string of the molecule is Cc1cc(-c2ncc(F)cn2)cc(C)c1C1C(=O)CC(C2CCN(C(=O)NC(=O)C(C)(C)C)CC2)CC1=O. The van der Waals surface area contributed by atoms with Crippen molar-refractivity contribution in [3.63, 3.8) is 0 Å². The summed E-state index contributed by atoms with van der Waals surface area (Å²) in [5.74, 6) is -1.25. The summed E-state index contributed by atoms with van der Waals surface area (Å²) in [7, 11) is 0. The van der Waals surface area contributed by atoms with Crippen molar-refractivity contribution in [2.45, 2.75) is 66.2 Å². The summed E-state index contributed by atoms with van der Waals surface area (Å²) >= 11 is 0. The molecule has 1 N–H and O–H groups in total. The number of nitrogens with zero attached hydrogens (tertiary/aromatic N) is 3. The number of carbonyl (C=O) groups is 4. The minimum absolute atomic E-state index is 0.0415. The number of amides is 3. The van der Waals surface area contributed by atoms with Gasteiger partial charge in [-0.25, -0.2) is 19.2 Å². The van der Waals surface area contributed by atoms with E-state index in [1.54, 1.807) is 25.7 Å². The van der Waals surface area contributed by atoms with Crippen LogP contribution < -0.4 is 5.32 Å². The first kappa shape index (κ1) is 27.5. The van der Waals surface area contributed by atoms with E-state index in [9.17, 15) is 23.6 Å². The second-order valence-corrected chi connectivity index (χ2v) is 11.6. The minimum Gasteiger partial charge on any atom is -0.324 e. The van der Waals surface area contributed by atoms with E-state index in [2.05, 4.69) is 15.3 Å². The van der Waals surface area contributed by atoms with Crippen LogP contribution in [0.3, 0.4) is 0 Å². The average Bonchev–Trinajstić information content (AvgIpc) is 2.85. The minimum atomic E-state index is -0.788. The summed E-state index contributed by atoms with van der Waals surface area (Å²) in [6.45, 7) is 9.97. The van der Waals surface area contributed by atoms with Gasteiger partial charge in [-0.05, 0) is 67.3 Å². The topological polar surface area (TPSA) is 109 Å². The molecular weight excluding hydrogens is 487 g/mol. The number of carbonyl (C=O) groups excluding carboxylic acids is 4. The zero-order valence-electron chi connectivity index (χ0n) is 22.6. The Morgan fingerprint density at radius 2 is 1.47 bits per heavy atom. The molecule has 2 aromatic rings. The highest BCUT2D eigenvalue weighted by Crippen LogP contribution is 2.40. The molecule has 38 heavy (non-hydrogen) atoms. The third-order valence-electron chi connectivity index (χ3n) is 7.73. The molecule has 1 saturated heterocycles. The van der Waals surface area contributed by atoms with Crippen LogP contribution in [0.5, 0.6) is 0 Å². The highest BCUT2D eigenvalue weighted by atomic mass is 19.1. The first-order valence-electron chi connectivity index (χ1n) is 13.1. The predicted octanol–water partition coefficient (Wildman–Crippen LogP) is 4.53. The predicted molar refractivity (Wildman–Crippen MR) is 140 cm³/mol.